The third kappa shape index (κ3) is 6.40. The summed E-state index contributed by atoms with van der Waals surface area (Å²) in [4.78, 5) is 11.6. The van der Waals surface area contributed by atoms with Gasteiger partial charge in [0.25, 0.3) is 0 Å². The minimum atomic E-state index is 0.0908. The van der Waals surface area contributed by atoms with Gasteiger partial charge in [-0.25, -0.2) is 0 Å². The first-order valence-corrected chi connectivity index (χ1v) is 6.78. The summed E-state index contributed by atoms with van der Waals surface area (Å²) in [5.74, 6) is 0.109. The van der Waals surface area contributed by atoms with Gasteiger partial charge in [0.2, 0.25) is 5.91 Å². The summed E-state index contributed by atoms with van der Waals surface area (Å²) in [5.41, 5.74) is 7.12. The van der Waals surface area contributed by atoms with E-state index < -0.39 is 0 Å². The van der Waals surface area contributed by atoms with E-state index >= 15 is 0 Å². The van der Waals surface area contributed by atoms with E-state index in [0.29, 0.717) is 13.0 Å². The van der Waals surface area contributed by atoms with Crippen LogP contribution < -0.4 is 11.1 Å². The summed E-state index contributed by atoms with van der Waals surface area (Å²) in [6.45, 7) is 2.69. The third-order valence-corrected chi connectivity index (χ3v) is 2.93. The number of nitrogens with two attached hydrogens (primary N) is 1. The highest BCUT2D eigenvalue weighted by atomic mass is 16.1. The first kappa shape index (κ1) is 14.7. The summed E-state index contributed by atoms with van der Waals surface area (Å²) in [5, 5.41) is 2.89. The molecule has 0 aliphatic carbocycles. The van der Waals surface area contributed by atoms with Crippen molar-refractivity contribution < 1.29 is 4.79 Å². The lowest BCUT2D eigenvalue weighted by atomic mass is 10.1. The molecule has 0 spiro atoms. The van der Waals surface area contributed by atoms with Gasteiger partial charge in [0.15, 0.2) is 0 Å². The van der Waals surface area contributed by atoms with Crippen LogP contribution in [0.15, 0.2) is 30.3 Å². The van der Waals surface area contributed by atoms with E-state index in [1.54, 1.807) is 0 Å². The molecule has 3 nitrogen and oxygen atoms in total. The van der Waals surface area contributed by atoms with Gasteiger partial charge in [-0.05, 0) is 24.8 Å². The highest BCUT2D eigenvalue weighted by molar-refractivity contribution is 5.75. The third-order valence-electron chi connectivity index (χ3n) is 2.93. The van der Waals surface area contributed by atoms with Gasteiger partial charge in [-0.1, -0.05) is 43.7 Å². The van der Waals surface area contributed by atoms with Crippen molar-refractivity contribution in [2.45, 2.75) is 45.1 Å². The van der Waals surface area contributed by atoms with Crippen LogP contribution in [0.3, 0.4) is 0 Å². The molecule has 3 heteroatoms. The first-order valence-electron chi connectivity index (χ1n) is 6.78. The summed E-state index contributed by atoms with van der Waals surface area (Å²) in [6.07, 6.45) is 4.44. The molecule has 1 unspecified atom stereocenters. The molecular formula is C15H24N2O. The molecule has 0 aliphatic heterocycles. The van der Waals surface area contributed by atoms with Crippen molar-refractivity contribution in [2.24, 2.45) is 5.73 Å². The highest BCUT2D eigenvalue weighted by Gasteiger charge is 2.04. The molecule has 0 radical (unpaired) electrons. The van der Waals surface area contributed by atoms with Gasteiger partial charge in [0.05, 0.1) is 0 Å². The lowest BCUT2D eigenvalue weighted by molar-refractivity contribution is -0.121. The number of hydrogen-bond donors (Lipinski definition) is 2. The van der Waals surface area contributed by atoms with Gasteiger partial charge >= 0.3 is 0 Å². The first-order chi connectivity index (χ1) is 8.72. The Hall–Kier alpha value is -1.35. The molecule has 0 aromatic heterocycles. The molecule has 0 bridgehead atoms. The second-order valence-corrected chi connectivity index (χ2v) is 4.69. The van der Waals surface area contributed by atoms with E-state index in [1.165, 1.54) is 5.56 Å². The Morgan fingerprint density at radius 2 is 2.06 bits per heavy atom. The molecule has 1 atom stereocenters. The van der Waals surface area contributed by atoms with Crippen LogP contribution >= 0.6 is 0 Å². The average Bonchev–Trinajstić information content (AvgIpc) is 2.38. The zero-order valence-corrected chi connectivity index (χ0v) is 11.2. The van der Waals surface area contributed by atoms with Crippen molar-refractivity contribution in [3.8, 4) is 0 Å². The molecular weight excluding hydrogens is 224 g/mol. The van der Waals surface area contributed by atoms with E-state index in [1.807, 2.05) is 18.2 Å². The van der Waals surface area contributed by atoms with Crippen molar-refractivity contribution in [2.75, 3.05) is 6.54 Å². The molecule has 18 heavy (non-hydrogen) atoms. The maximum atomic E-state index is 11.6. The molecule has 1 amide bonds. The number of benzene rings is 1. The fourth-order valence-corrected chi connectivity index (χ4v) is 1.90. The van der Waals surface area contributed by atoms with Crippen LogP contribution in [0.5, 0.6) is 0 Å². The van der Waals surface area contributed by atoms with Crippen molar-refractivity contribution >= 4 is 5.91 Å². The molecule has 0 fully saturated rings. The number of carbonyl (C=O) groups is 1. The lowest BCUT2D eigenvalue weighted by Crippen LogP contribution is -2.37. The molecule has 0 aliphatic rings. The summed E-state index contributed by atoms with van der Waals surface area (Å²) in [6, 6.07) is 10.3. The van der Waals surface area contributed by atoms with Crippen LogP contribution in [0.25, 0.3) is 0 Å². The van der Waals surface area contributed by atoms with Crippen molar-refractivity contribution in [3.63, 3.8) is 0 Å². The molecule has 100 valence electrons. The van der Waals surface area contributed by atoms with Gasteiger partial charge < -0.3 is 11.1 Å². The smallest absolute Gasteiger partial charge is 0.220 e. The second-order valence-electron chi connectivity index (χ2n) is 4.69. The number of amides is 1. The summed E-state index contributed by atoms with van der Waals surface area (Å²) >= 11 is 0. The van der Waals surface area contributed by atoms with Crippen LogP contribution in [-0.2, 0) is 11.2 Å². The topological polar surface area (TPSA) is 55.1 Å². The Morgan fingerprint density at radius 3 is 2.72 bits per heavy atom. The molecule has 0 saturated carbocycles. The maximum Gasteiger partial charge on any atom is 0.220 e. The van der Waals surface area contributed by atoms with Crippen molar-refractivity contribution in [3.05, 3.63) is 35.9 Å². The van der Waals surface area contributed by atoms with Crippen LogP contribution in [0.4, 0.5) is 0 Å². The Kier molecular flexibility index (Phi) is 7.11. The van der Waals surface area contributed by atoms with Crippen LogP contribution in [0.2, 0.25) is 0 Å². The predicted octanol–water partition coefficient (Wildman–Crippen LogP) is 2.25. The molecule has 0 saturated heterocycles. The maximum absolute atomic E-state index is 11.6. The van der Waals surface area contributed by atoms with Crippen molar-refractivity contribution in [1.82, 2.24) is 5.32 Å². The van der Waals surface area contributed by atoms with Gasteiger partial charge in [0, 0.05) is 19.0 Å². The van der Waals surface area contributed by atoms with Gasteiger partial charge in [-0.3, -0.25) is 4.79 Å². The zero-order valence-electron chi connectivity index (χ0n) is 11.2. The van der Waals surface area contributed by atoms with Gasteiger partial charge in [-0.15, -0.1) is 0 Å². The van der Waals surface area contributed by atoms with Crippen molar-refractivity contribution in [1.29, 1.82) is 0 Å². The Bertz CT molecular complexity index is 338. The molecule has 0 heterocycles. The van der Waals surface area contributed by atoms with Crippen LogP contribution in [0, 0.1) is 0 Å². The highest BCUT2D eigenvalue weighted by Crippen LogP contribution is 2.04. The molecule has 1 rings (SSSR count). The van der Waals surface area contributed by atoms with Crippen LogP contribution in [0.1, 0.15) is 38.2 Å². The molecule has 1 aromatic carbocycles. The SMILES string of the molecule is CCCC(N)CNC(=O)CCCc1ccccc1. The quantitative estimate of drug-likeness (QED) is 0.741. The number of rotatable bonds is 8. The van der Waals surface area contributed by atoms with Crippen LogP contribution in [-0.4, -0.2) is 18.5 Å². The Balaban J connectivity index is 2.10. The fraction of sp³-hybridized carbons (Fsp3) is 0.533. The normalized spacial score (nSPS) is 12.1. The van der Waals surface area contributed by atoms with Gasteiger partial charge in [0.1, 0.15) is 0 Å². The number of nitrogens with one attached hydrogen (secondary N) is 1. The lowest BCUT2D eigenvalue weighted by Gasteiger charge is -2.11. The van der Waals surface area contributed by atoms with E-state index in [0.717, 1.165) is 25.7 Å². The number of carbonyl (C=O) groups excluding carboxylic acids is 1. The van der Waals surface area contributed by atoms with E-state index in [-0.39, 0.29) is 11.9 Å². The van der Waals surface area contributed by atoms with Gasteiger partial charge in [-0.2, -0.15) is 0 Å². The minimum Gasteiger partial charge on any atom is -0.355 e. The summed E-state index contributed by atoms with van der Waals surface area (Å²) < 4.78 is 0. The number of aryl methyl sites for hydroxylation is 1. The fourth-order valence-electron chi connectivity index (χ4n) is 1.90. The minimum absolute atomic E-state index is 0.0908. The van der Waals surface area contributed by atoms with E-state index in [2.05, 4.69) is 24.4 Å². The second kappa shape index (κ2) is 8.70. The zero-order chi connectivity index (χ0) is 13.2. The Labute approximate surface area is 110 Å². The predicted molar refractivity (Wildman–Crippen MR) is 75.3 cm³/mol. The monoisotopic (exact) mass is 248 g/mol. The Morgan fingerprint density at radius 1 is 1.33 bits per heavy atom. The van der Waals surface area contributed by atoms with E-state index in [4.69, 9.17) is 5.73 Å². The average molecular weight is 248 g/mol. The van der Waals surface area contributed by atoms with E-state index in [9.17, 15) is 4.79 Å². The molecule has 3 N–H and O–H groups in total. The summed E-state index contributed by atoms with van der Waals surface area (Å²) in [7, 11) is 0. The largest absolute Gasteiger partial charge is 0.355 e. The molecule has 1 aromatic rings. The number of hydrogen-bond acceptors (Lipinski definition) is 2. The standard InChI is InChI=1S/C15H24N2O/c1-2-7-14(16)12-17-15(18)11-6-10-13-8-4-3-5-9-13/h3-5,8-9,14H,2,6-7,10-12,16H2,1H3,(H,17,18).